The highest BCUT2D eigenvalue weighted by Crippen LogP contribution is 2.27. The molecule has 3 nitrogen and oxygen atoms in total. The predicted molar refractivity (Wildman–Crippen MR) is 81.8 cm³/mol. The number of nitrogens with zero attached hydrogens (tertiary/aromatic N) is 3. The van der Waals surface area contributed by atoms with Crippen LogP contribution in [0.3, 0.4) is 0 Å². The number of hydrogen-bond acceptors (Lipinski definition) is 2. The molecule has 0 aliphatic carbocycles. The molecule has 2 aromatic rings. The summed E-state index contributed by atoms with van der Waals surface area (Å²) >= 11 is 0. The van der Waals surface area contributed by atoms with Crippen molar-refractivity contribution in [1.29, 1.82) is 0 Å². The lowest BCUT2D eigenvalue weighted by molar-refractivity contribution is 0.184. The highest BCUT2D eigenvalue weighted by Gasteiger charge is 2.22. The van der Waals surface area contributed by atoms with Crippen LogP contribution in [0.25, 0.3) is 0 Å². The fourth-order valence-corrected chi connectivity index (χ4v) is 3.22. The third-order valence-corrected chi connectivity index (χ3v) is 4.33. The number of piperidine rings is 1. The molecule has 1 aromatic carbocycles. The summed E-state index contributed by atoms with van der Waals surface area (Å²) in [7, 11) is 0. The fourth-order valence-electron chi connectivity index (χ4n) is 3.22. The Hall–Kier alpha value is -1.61. The van der Waals surface area contributed by atoms with Crippen molar-refractivity contribution in [1.82, 2.24) is 14.5 Å². The van der Waals surface area contributed by atoms with E-state index in [0.717, 1.165) is 6.54 Å². The van der Waals surface area contributed by atoms with Gasteiger partial charge in [0.1, 0.15) is 0 Å². The lowest BCUT2D eigenvalue weighted by atomic mass is 9.90. The molecule has 1 aliphatic rings. The summed E-state index contributed by atoms with van der Waals surface area (Å²) in [6.45, 7) is 5.79. The second-order valence-electron chi connectivity index (χ2n) is 5.87. The summed E-state index contributed by atoms with van der Waals surface area (Å²) in [4.78, 5) is 6.75. The Labute approximate surface area is 121 Å². The first-order valence-electron chi connectivity index (χ1n) is 7.57. The highest BCUT2D eigenvalue weighted by atomic mass is 15.2. The van der Waals surface area contributed by atoms with Crippen molar-refractivity contribution < 1.29 is 0 Å². The zero-order valence-electron chi connectivity index (χ0n) is 12.2. The molecule has 3 heteroatoms. The van der Waals surface area contributed by atoms with Crippen molar-refractivity contribution in [2.24, 2.45) is 0 Å². The average molecular weight is 269 g/mol. The van der Waals surface area contributed by atoms with E-state index in [0.29, 0.717) is 12.0 Å². The van der Waals surface area contributed by atoms with Crippen molar-refractivity contribution in [2.45, 2.75) is 31.7 Å². The van der Waals surface area contributed by atoms with Crippen LogP contribution in [0.2, 0.25) is 0 Å². The van der Waals surface area contributed by atoms with Crippen molar-refractivity contribution in [3.8, 4) is 0 Å². The maximum Gasteiger partial charge on any atom is 0.0948 e. The van der Waals surface area contributed by atoms with E-state index in [1.54, 1.807) is 0 Å². The van der Waals surface area contributed by atoms with E-state index in [9.17, 15) is 0 Å². The van der Waals surface area contributed by atoms with Gasteiger partial charge < -0.3 is 9.47 Å². The summed E-state index contributed by atoms with van der Waals surface area (Å²) < 4.78 is 2.20. The second kappa shape index (κ2) is 6.23. The van der Waals surface area contributed by atoms with Gasteiger partial charge in [0.2, 0.25) is 0 Å². The molecule has 1 saturated heterocycles. The molecule has 3 rings (SSSR count). The summed E-state index contributed by atoms with van der Waals surface area (Å²) in [6, 6.07) is 11.4. The Morgan fingerprint density at radius 3 is 2.90 bits per heavy atom. The number of likely N-dealkylation sites (tertiary alicyclic amines) is 1. The Morgan fingerprint density at radius 2 is 2.15 bits per heavy atom. The van der Waals surface area contributed by atoms with Crippen LogP contribution < -0.4 is 0 Å². The first-order valence-corrected chi connectivity index (χ1v) is 7.57. The lowest BCUT2D eigenvalue weighted by Gasteiger charge is -2.34. The van der Waals surface area contributed by atoms with Crippen LogP contribution in [0.4, 0.5) is 0 Å². The van der Waals surface area contributed by atoms with Crippen LogP contribution in [0.5, 0.6) is 0 Å². The normalized spacial score (nSPS) is 21.8. The third kappa shape index (κ3) is 3.10. The summed E-state index contributed by atoms with van der Waals surface area (Å²) in [5, 5.41) is 0. The van der Waals surface area contributed by atoms with Gasteiger partial charge in [-0.1, -0.05) is 30.3 Å². The molecule has 106 valence electrons. The van der Waals surface area contributed by atoms with Gasteiger partial charge in [0, 0.05) is 31.5 Å². The molecule has 2 atom stereocenters. The van der Waals surface area contributed by atoms with Gasteiger partial charge in [-0.25, -0.2) is 4.98 Å². The second-order valence-corrected chi connectivity index (χ2v) is 5.87. The monoisotopic (exact) mass is 269 g/mol. The minimum absolute atomic E-state index is 0.493. The Balaban J connectivity index is 1.61. The van der Waals surface area contributed by atoms with Crippen molar-refractivity contribution in [2.75, 3.05) is 19.6 Å². The molecule has 20 heavy (non-hydrogen) atoms. The van der Waals surface area contributed by atoms with E-state index in [1.165, 1.54) is 31.5 Å². The van der Waals surface area contributed by atoms with Crippen LogP contribution in [0.1, 0.15) is 37.3 Å². The van der Waals surface area contributed by atoms with Gasteiger partial charge in [-0.15, -0.1) is 0 Å². The van der Waals surface area contributed by atoms with E-state index in [4.69, 9.17) is 0 Å². The Morgan fingerprint density at radius 1 is 1.30 bits per heavy atom. The fraction of sp³-hybridized carbons (Fsp3) is 0.471. The molecular formula is C17H23N3. The summed E-state index contributed by atoms with van der Waals surface area (Å²) in [6.07, 6.45) is 8.46. The van der Waals surface area contributed by atoms with Crippen LogP contribution in [-0.4, -0.2) is 34.1 Å². The molecular weight excluding hydrogens is 246 g/mol. The van der Waals surface area contributed by atoms with Crippen LogP contribution in [-0.2, 0) is 0 Å². The largest absolute Gasteiger partial charge is 0.333 e. The minimum atomic E-state index is 0.493. The zero-order chi connectivity index (χ0) is 13.8. The molecule has 0 radical (unpaired) electrons. The molecule has 0 N–H and O–H groups in total. The molecule has 1 aliphatic heterocycles. The highest BCUT2D eigenvalue weighted by molar-refractivity contribution is 5.20. The van der Waals surface area contributed by atoms with Gasteiger partial charge >= 0.3 is 0 Å². The number of imidazole rings is 1. The van der Waals surface area contributed by atoms with E-state index < -0.39 is 0 Å². The standard InChI is InChI=1S/C17H23N3/c1-15(20-11-9-18-14-20)12-19-10-5-8-17(13-19)16-6-3-2-4-7-16/h2-4,6-7,9,11,14-15,17H,5,8,10,12-13H2,1H3. The van der Waals surface area contributed by atoms with Gasteiger partial charge in [0.05, 0.1) is 6.33 Å². The molecule has 2 heterocycles. The van der Waals surface area contributed by atoms with E-state index in [2.05, 4.69) is 57.9 Å². The van der Waals surface area contributed by atoms with Crippen LogP contribution in [0.15, 0.2) is 49.1 Å². The molecule has 2 unspecified atom stereocenters. The first kappa shape index (κ1) is 13.4. The van der Waals surface area contributed by atoms with Crippen LogP contribution in [0, 0.1) is 0 Å². The lowest BCUT2D eigenvalue weighted by Crippen LogP contribution is -2.37. The maximum absolute atomic E-state index is 4.14. The third-order valence-electron chi connectivity index (χ3n) is 4.33. The van der Waals surface area contributed by atoms with Gasteiger partial charge in [0.15, 0.2) is 0 Å². The number of hydrogen-bond donors (Lipinski definition) is 0. The van der Waals surface area contributed by atoms with Gasteiger partial charge in [-0.05, 0) is 37.8 Å². The average Bonchev–Trinajstić information content (AvgIpc) is 3.03. The van der Waals surface area contributed by atoms with E-state index in [1.807, 2.05) is 12.5 Å². The summed E-state index contributed by atoms with van der Waals surface area (Å²) in [5.74, 6) is 0.694. The van der Waals surface area contributed by atoms with Crippen molar-refractivity contribution >= 4 is 0 Å². The van der Waals surface area contributed by atoms with E-state index >= 15 is 0 Å². The number of benzene rings is 1. The topological polar surface area (TPSA) is 21.1 Å². The van der Waals surface area contributed by atoms with Gasteiger partial charge in [-0.3, -0.25) is 0 Å². The zero-order valence-corrected chi connectivity index (χ0v) is 12.2. The van der Waals surface area contributed by atoms with Crippen molar-refractivity contribution in [3.63, 3.8) is 0 Å². The molecule has 0 bridgehead atoms. The molecule has 0 spiro atoms. The first-order chi connectivity index (χ1) is 9.83. The number of aromatic nitrogens is 2. The van der Waals surface area contributed by atoms with Gasteiger partial charge in [0.25, 0.3) is 0 Å². The molecule has 1 aromatic heterocycles. The Kier molecular flexibility index (Phi) is 4.16. The minimum Gasteiger partial charge on any atom is -0.333 e. The smallest absolute Gasteiger partial charge is 0.0948 e. The quantitative estimate of drug-likeness (QED) is 0.849. The molecule has 0 saturated carbocycles. The Bertz CT molecular complexity index is 506. The van der Waals surface area contributed by atoms with Gasteiger partial charge in [-0.2, -0.15) is 0 Å². The van der Waals surface area contributed by atoms with Crippen LogP contribution >= 0.6 is 0 Å². The summed E-state index contributed by atoms with van der Waals surface area (Å²) in [5.41, 5.74) is 1.49. The SMILES string of the molecule is CC(CN1CCCC(c2ccccc2)C1)n1ccnc1. The predicted octanol–water partition coefficient (Wildman–Crippen LogP) is 3.32. The van der Waals surface area contributed by atoms with Crippen molar-refractivity contribution in [3.05, 3.63) is 54.6 Å². The maximum atomic E-state index is 4.14. The van der Waals surface area contributed by atoms with E-state index in [-0.39, 0.29) is 0 Å². The number of rotatable bonds is 4. The molecule has 0 amide bonds. The molecule has 1 fully saturated rings.